The first-order valence-corrected chi connectivity index (χ1v) is 10.8. The van der Waals surface area contributed by atoms with Crippen LogP contribution in [0.15, 0.2) is 41.3 Å². The van der Waals surface area contributed by atoms with Gasteiger partial charge in [-0.1, -0.05) is 6.07 Å². The molecule has 0 atom stereocenters. The normalized spacial score (nSPS) is 15.7. The Hall–Kier alpha value is -2.94. The molecule has 0 bridgehead atoms. The molecule has 29 heavy (non-hydrogen) atoms. The third-order valence-electron chi connectivity index (χ3n) is 4.99. The Morgan fingerprint density at radius 3 is 2.55 bits per heavy atom. The summed E-state index contributed by atoms with van der Waals surface area (Å²) in [4.78, 5) is 25.0. The predicted molar refractivity (Wildman–Crippen MR) is 107 cm³/mol. The Labute approximate surface area is 168 Å². The smallest absolute Gasteiger partial charge is 0.261 e. The summed E-state index contributed by atoms with van der Waals surface area (Å²) in [7, 11) is -4.05. The molecule has 2 aliphatic rings. The number of hydrogen-bond donors (Lipinski definition) is 2. The lowest BCUT2D eigenvalue weighted by Gasteiger charge is -2.18. The van der Waals surface area contributed by atoms with Gasteiger partial charge in [-0.2, -0.15) is 0 Å². The third-order valence-corrected chi connectivity index (χ3v) is 6.37. The fraction of sp³-hybridized carbons (Fsp3) is 0.300. The summed E-state index contributed by atoms with van der Waals surface area (Å²) >= 11 is 0. The second-order valence-electron chi connectivity index (χ2n) is 7.29. The van der Waals surface area contributed by atoms with Crippen LogP contribution in [0.1, 0.15) is 25.3 Å². The molecule has 0 saturated heterocycles. The molecule has 1 saturated carbocycles. The molecule has 152 valence electrons. The lowest BCUT2D eigenvalue weighted by molar-refractivity contribution is -0.119. The monoisotopic (exact) mass is 417 g/mol. The van der Waals surface area contributed by atoms with Crippen LogP contribution >= 0.6 is 0 Å². The van der Waals surface area contributed by atoms with Crippen molar-refractivity contribution in [1.29, 1.82) is 0 Å². The van der Waals surface area contributed by atoms with Crippen molar-refractivity contribution < 1.29 is 22.4 Å². The summed E-state index contributed by atoms with van der Waals surface area (Å²) in [5.74, 6) is -1.15. The van der Waals surface area contributed by atoms with Crippen LogP contribution in [0.4, 0.5) is 21.5 Å². The molecular weight excluding hydrogens is 397 g/mol. The molecule has 0 spiro atoms. The minimum absolute atomic E-state index is 0.0754. The minimum atomic E-state index is -4.05. The highest BCUT2D eigenvalue weighted by Gasteiger charge is 2.36. The van der Waals surface area contributed by atoms with E-state index in [-0.39, 0.29) is 22.4 Å². The largest absolute Gasteiger partial charge is 0.324 e. The quantitative estimate of drug-likeness (QED) is 0.782. The van der Waals surface area contributed by atoms with Crippen LogP contribution in [0.25, 0.3) is 0 Å². The number of sulfonamides is 1. The van der Waals surface area contributed by atoms with Gasteiger partial charge in [-0.15, -0.1) is 0 Å². The second kappa shape index (κ2) is 7.14. The minimum Gasteiger partial charge on any atom is -0.324 e. The van der Waals surface area contributed by atoms with Gasteiger partial charge in [-0.05, 0) is 55.2 Å². The lowest BCUT2D eigenvalue weighted by atomic mass is 10.1. The van der Waals surface area contributed by atoms with Gasteiger partial charge in [0, 0.05) is 25.1 Å². The number of benzene rings is 2. The molecule has 0 radical (unpaired) electrons. The van der Waals surface area contributed by atoms with Gasteiger partial charge in [0.25, 0.3) is 10.0 Å². The van der Waals surface area contributed by atoms with Gasteiger partial charge in [-0.3, -0.25) is 14.3 Å². The van der Waals surface area contributed by atoms with Crippen LogP contribution in [0.5, 0.6) is 0 Å². The van der Waals surface area contributed by atoms with Crippen molar-refractivity contribution in [2.45, 2.75) is 31.1 Å². The van der Waals surface area contributed by atoms with E-state index in [0.717, 1.165) is 30.9 Å². The zero-order valence-electron chi connectivity index (χ0n) is 15.7. The van der Waals surface area contributed by atoms with E-state index in [1.807, 2.05) is 0 Å². The maximum Gasteiger partial charge on any atom is 0.261 e. The van der Waals surface area contributed by atoms with Gasteiger partial charge in [0.1, 0.15) is 5.82 Å². The molecule has 9 heteroatoms. The standard InChI is InChI=1S/C20H20FN3O4S/c1-12(25)22-18-7-6-16(11-17(18)21)29(27,28)23-15-5-4-13-8-9-24(19(13)10-15)20(26)14-2-3-14/h4-7,10-11,14,23H,2-3,8-9H2,1H3,(H,22,25). The van der Waals surface area contributed by atoms with Crippen molar-refractivity contribution in [2.75, 3.05) is 21.5 Å². The Morgan fingerprint density at radius 1 is 1.14 bits per heavy atom. The molecule has 0 aromatic heterocycles. The van der Waals surface area contributed by atoms with E-state index in [1.54, 1.807) is 23.1 Å². The second-order valence-corrected chi connectivity index (χ2v) is 8.97. The molecule has 1 aliphatic carbocycles. The van der Waals surface area contributed by atoms with Gasteiger partial charge in [0.2, 0.25) is 11.8 Å². The maximum atomic E-state index is 14.1. The summed E-state index contributed by atoms with van der Waals surface area (Å²) in [6, 6.07) is 8.33. The van der Waals surface area contributed by atoms with Gasteiger partial charge in [0.05, 0.1) is 16.3 Å². The van der Waals surface area contributed by atoms with Crippen molar-refractivity contribution in [1.82, 2.24) is 0 Å². The SMILES string of the molecule is CC(=O)Nc1ccc(S(=O)(=O)Nc2ccc3c(c2)N(C(=O)C2CC2)CC3)cc1F. The molecule has 2 aromatic carbocycles. The summed E-state index contributed by atoms with van der Waals surface area (Å²) in [6.07, 6.45) is 2.53. The van der Waals surface area contributed by atoms with Crippen molar-refractivity contribution >= 4 is 38.9 Å². The number of hydrogen-bond acceptors (Lipinski definition) is 4. The highest BCUT2D eigenvalue weighted by molar-refractivity contribution is 7.92. The number of nitrogens with one attached hydrogen (secondary N) is 2. The Balaban J connectivity index is 1.57. The zero-order chi connectivity index (χ0) is 20.8. The van der Waals surface area contributed by atoms with Crippen LogP contribution in [0, 0.1) is 11.7 Å². The van der Waals surface area contributed by atoms with E-state index in [4.69, 9.17) is 0 Å². The van der Waals surface area contributed by atoms with Gasteiger partial charge >= 0.3 is 0 Å². The molecular formula is C20H20FN3O4S. The predicted octanol–water partition coefficient (Wildman–Crippen LogP) is 2.88. The number of amides is 2. The van der Waals surface area contributed by atoms with Crippen LogP contribution in [-0.4, -0.2) is 26.8 Å². The summed E-state index contributed by atoms with van der Waals surface area (Å²) < 4.78 is 41.9. The maximum absolute atomic E-state index is 14.1. The molecule has 1 heterocycles. The first-order chi connectivity index (χ1) is 13.7. The number of carbonyl (C=O) groups excluding carboxylic acids is 2. The Morgan fingerprint density at radius 2 is 1.90 bits per heavy atom. The van der Waals surface area contributed by atoms with Crippen LogP contribution in [0.2, 0.25) is 0 Å². The number of anilines is 3. The molecule has 1 aliphatic heterocycles. The topological polar surface area (TPSA) is 95.6 Å². The number of halogens is 1. The Kier molecular flexibility index (Phi) is 4.77. The van der Waals surface area contributed by atoms with Gasteiger partial charge < -0.3 is 10.2 Å². The van der Waals surface area contributed by atoms with Crippen LogP contribution < -0.4 is 14.9 Å². The fourth-order valence-corrected chi connectivity index (χ4v) is 4.45. The van der Waals surface area contributed by atoms with E-state index in [9.17, 15) is 22.4 Å². The molecule has 4 rings (SSSR count). The van der Waals surface area contributed by atoms with E-state index in [1.165, 1.54) is 19.1 Å². The van der Waals surface area contributed by atoms with Gasteiger partial charge in [-0.25, -0.2) is 12.8 Å². The number of fused-ring (bicyclic) bond motifs is 1. The first kappa shape index (κ1) is 19.4. The average Bonchev–Trinajstić information content (AvgIpc) is 3.42. The molecule has 2 aromatic rings. The van der Waals surface area contributed by atoms with Crippen molar-refractivity contribution in [3.8, 4) is 0 Å². The number of rotatable bonds is 5. The average molecular weight is 417 g/mol. The van der Waals surface area contributed by atoms with E-state index >= 15 is 0 Å². The number of nitrogens with zero attached hydrogens (tertiary/aromatic N) is 1. The molecule has 2 N–H and O–H groups in total. The Bertz CT molecular complexity index is 1110. The van der Waals surface area contributed by atoms with E-state index in [0.29, 0.717) is 17.9 Å². The van der Waals surface area contributed by atoms with E-state index < -0.39 is 21.7 Å². The van der Waals surface area contributed by atoms with E-state index in [2.05, 4.69) is 10.0 Å². The summed E-state index contributed by atoms with van der Waals surface area (Å²) in [6.45, 7) is 1.83. The van der Waals surface area contributed by atoms with Crippen molar-refractivity contribution in [2.24, 2.45) is 5.92 Å². The lowest BCUT2D eigenvalue weighted by Crippen LogP contribution is -2.30. The number of carbonyl (C=O) groups is 2. The first-order valence-electron chi connectivity index (χ1n) is 9.29. The zero-order valence-corrected chi connectivity index (χ0v) is 16.6. The highest BCUT2D eigenvalue weighted by Crippen LogP contribution is 2.37. The molecule has 1 fully saturated rings. The molecule has 2 amide bonds. The van der Waals surface area contributed by atoms with Crippen molar-refractivity contribution in [3.05, 3.63) is 47.8 Å². The summed E-state index contributed by atoms with van der Waals surface area (Å²) in [5.41, 5.74) is 1.91. The fourth-order valence-electron chi connectivity index (χ4n) is 3.39. The van der Waals surface area contributed by atoms with Crippen molar-refractivity contribution in [3.63, 3.8) is 0 Å². The van der Waals surface area contributed by atoms with Crippen LogP contribution in [-0.2, 0) is 26.0 Å². The summed E-state index contributed by atoms with van der Waals surface area (Å²) in [5, 5.41) is 2.29. The highest BCUT2D eigenvalue weighted by atomic mass is 32.2. The van der Waals surface area contributed by atoms with Crippen LogP contribution in [0.3, 0.4) is 0 Å². The van der Waals surface area contributed by atoms with Gasteiger partial charge in [0.15, 0.2) is 0 Å². The molecule has 0 unspecified atom stereocenters. The molecule has 7 nitrogen and oxygen atoms in total. The third kappa shape index (κ3) is 3.95.